The van der Waals surface area contributed by atoms with E-state index in [-0.39, 0.29) is 19.5 Å². The summed E-state index contributed by atoms with van der Waals surface area (Å²) in [6.45, 7) is 6.93. The molecular weight excluding hydrogens is 345 g/mol. The Morgan fingerprint density at radius 1 is 0.963 bits per heavy atom. The van der Waals surface area contributed by atoms with E-state index in [1.165, 1.54) is 25.7 Å². The van der Waals surface area contributed by atoms with Crippen molar-refractivity contribution < 1.29 is 23.9 Å². The SMILES string of the molecule is CCCCCC(COC)CC(CC(CCO)COC)B1OCCNCCO1. The third-order valence-corrected chi connectivity index (χ3v) is 5.34. The van der Waals surface area contributed by atoms with Crippen LogP contribution in [-0.2, 0) is 18.8 Å². The first-order valence-electron chi connectivity index (χ1n) is 10.8. The van der Waals surface area contributed by atoms with Gasteiger partial charge in [0.05, 0.1) is 0 Å². The van der Waals surface area contributed by atoms with E-state index in [2.05, 4.69) is 12.2 Å². The third kappa shape index (κ3) is 11.4. The Labute approximate surface area is 166 Å². The van der Waals surface area contributed by atoms with Crippen LogP contribution in [0.5, 0.6) is 0 Å². The van der Waals surface area contributed by atoms with Gasteiger partial charge in [-0.05, 0) is 43.3 Å². The van der Waals surface area contributed by atoms with Crippen LogP contribution in [0, 0.1) is 11.8 Å². The summed E-state index contributed by atoms with van der Waals surface area (Å²) in [5.74, 6) is 1.12. The van der Waals surface area contributed by atoms with Crippen LogP contribution >= 0.6 is 0 Å². The van der Waals surface area contributed by atoms with Gasteiger partial charge in [-0.2, -0.15) is 0 Å². The molecule has 7 heteroatoms. The van der Waals surface area contributed by atoms with Gasteiger partial charge in [0.1, 0.15) is 0 Å². The zero-order chi connectivity index (χ0) is 19.7. The fourth-order valence-electron chi connectivity index (χ4n) is 3.99. The molecule has 0 saturated carbocycles. The summed E-state index contributed by atoms with van der Waals surface area (Å²) in [5, 5.41) is 12.7. The van der Waals surface area contributed by atoms with Crippen molar-refractivity contribution in [2.45, 2.75) is 57.7 Å². The second kappa shape index (κ2) is 16.7. The first-order valence-corrected chi connectivity index (χ1v) is 10.8. The van der Waals surface area contributed by atoms with Crippen molar-refractivity contribution in [1.82, 2.24) is 5.32 Å². The van der Waals surface area contributed by atoms with Crippen molar-refractivity contribution in [3.05, 3.63) is 0 Å². The Bertz CT molecular complexity index is 323. The molecule has 2 N–H and O–H groups in total. The lowest BCUT2D eigenvalue weighted by Crippen LogP contribution is -2.39. The summed E-state index contributed by atoms with van der Waals surface area (Å²) in [7, 11) is 3.33. The van der Waals surface area contributed by atoms with Crippen molar-refractivity contribution in [1.29, 1.82) is 0 Å². The topological polar surface area (TPSA) is 69.2 Å². The molecule has 3 atom stereocenters. The maximum Gasteiger partial charge on any atom is 0.460 e. The molecule has 0 aromatic heterocycles. The Hall–Kier alpha value is -0.175. The first kappa shape index (κ1) is 24.9. The molecule has 160 valence electrons. The van der Waals surface area contributed by atoms with E-state index < -0.39 is 0 Å². The average Bonchev–Trinajstić information content (AvgIpc) is 2.62. The van der Waals surface area contributed by atoms with Crippen molar-refractivity contribution in [2.24, 2.45) is 11.8 Å². The molecule has 0 aromatic carbocycles. The minimum Gasteiger partial charge on any atom is -0.410 e. The van der Waals surface area contributed by atoms with Gasteiger partial charge in [-0.3, -0.25) is 0 Å². The number of hydrogen-bond acceptors (Lipinski definition) is 6. The van der Waals surface area contributed by atoms with E-state index in [0.29, 0.717) is 31.7 Å². The highest BCUT2D eigenvalue weighted by atomic mass is 16.6. The average molecular weight is 387 g/mol. The minimum absolute atomic E-state index is 0.185. The molecule has 1 rings (SSSR count). The van der Waals surface area contributed by atoms with Gasteiger partial charge in [0.2, 0.25) is 0 Å². The summed E-state index contributed by atoms with van der Waals surface area (Å²) in [4.78, 5) is 0. The van der Waals surface area contributed by atoms with Crippen molar-refractivity contribution in [3.8, 4) is 0 Å². The molecule has 0 spiro atoms. The molecule has 0 radical (unpaired) electrons. The van der Waals surface area contributed by atoms with Crippen LogP contribution in [0.3, 0.4) is 0 Å². The Balaban J connectivity index is 2.78. The smallest absolute Gasteiger partial charge is 0.410 e. The van der Waals surface area contributed by atoms with Gasteiger partial charge >= 0.3 is 7.12 Å². The van der Waals surface area contributed by atoms with Gasteiger partial charge < -0.3 is 29.2 Å². The van der Waals surface area contributed by atoms with Gasteiger partial charge in [-0.15, -0.1) is 0 Å². The summed E-state index contributed by atoms with van der Waals surface area (Å²) >= 11 is 0. The second-order valence-electron chi connectivity index (χ2n) is 7.74. The van der Waals surface area contributed by atoms with E-state index in [0.717, 1.165) is 39.0 Å². The molecule has 1 aliphatic heterocycles. The predicted molar refractivity (Wildman–Crippen MR) is 110 cm³/mol. The maximum atomic E-state index is 9.43. The fraction of sp³-hybridized carbons (Fsp3) is 1.00. The largest absolute Gasteiger partial charge is 0.460 e. The van der Waals surface area contributed by atoms with Crippen molar-refractivity contribution in [3.63, 3.8) is 0 Å². The van der Waals surface area contributed by atoms with Gasteiger partial charge in [-0.1, -0.05) is 26.2 Å². The predicted octanol–water partition coefficient (Wildman–Crippen LogP) is 2.75. The number of rotatable bonds is 15. The van der Waals surface area contributed by atoms with Crippen LogP contribution in [0.4, 0.5) is 0 Å². The van der Waals surface area contributed by atoms with Gasteiger partial charge in [0, 0.05) is 60.3 Å². The van der Waals surface area contributed by atoms with Gasteiger partial charge in [0.15, 0.2) is 0 Å². The lowest BCUT2D eigenvalue weighted by Gasteiger charge is -2.31. The molecule has 6 nitrogen and oxygen atoms in total. The Morgan fingerprint density at radius 2 is 1.56 bits per heavy atom. The molecule has 1 saturated heterocycles. The highest BCUT2D eigenvalue weighted by molar-refractivity contribution is 6.46. The van der Waals surface area contributed by atoms with E-state index in [1.54, 1.807) is 14.2 Å². The highest BCUT2D eigenvalue weighted by Gasteiger charge is 2.34. The van der Waals surface area contributed by atoms with Crippen LogP contribution < -0.4 is 5.32 Å². The number of methoxy groups -OCH3 is 2. The second-order valence-corrected chi connectivity index (χ2v) is 7.74. The quantitative estimate of drug-likeness (QED) is 0.333. The summed E-state index contributed by atoms with van der Waals surface area (Å²) in [5.41, 5.74) is 0. The molecule has 27 heavy (non-hydrogen) atoms. The zero-order valence-electron chi connectivity index (χ0n) is 17.8. The van der Waals surface area contributed by atoms with Crippen LogP contribution in [-0.4, -0.2) is 72.6 Å². The van der Waals surface area contributed by atoms with E-state index in [4.69, 9.17) is 18.8 Å². The normalized spacial score (nSPS) is 19.3. The van der Waals surface area contributed by atoms with Crippen LogP contribution in [0.15, 0.2) is 0 Å². The molecular formula is C20H42BNO5. The Kier molecular flexibility index (Phi) is 15.4. The summed E-state index contributed by atoms with van der Waals surface area (Å²) < 4.78 is 23.1. The maximum absolute atomic E-state index is 9.43. The van der Waals surface area contributed by atoms with Crippen LogP contribution in [0.1, 0.15) is 51.9 Å². The Morgan fingerprint density at radius 3 is 2.07 bits per heavy atom. The molecule has 1 heterocycles. The van der Waals surface area contributed by atoms with Gasteiger partial charge in [-0.25, -0.2) is 0 Å². The number of aliphatic hydroxyl groups excluding tert-OH is 1. The number of ether oxygens (including phenoxy) is 2. The summed E-state index contributed by atoms with van der Waals surface area (Å²) in [6, 6.07) is 0. The molecule has 0 aliphatic carbocycles. The number of hydrogen-bond donors (Lipinski definition) is 2. The molecule has 0 aromatic rings. The fourth-order valence-corrected chi connectivity index (χ4v) is 3.99. The van der Waals surface area contributed by atoms with Crippen molar-refractivity contribution >= 4 is 7.12 Å². The number of aliphatic hydroxyl groups is 1. The minimum atomic E-state index is -0.185. The van der Waals surface area contributed by atoms with E-state index in [1.807, 2.05) is 0 Å². The number of unbranched alkanes of at least 4 members (excludes halogenated alkanes) is 2. The number of nitrogens with one attached hydrogen (secondary N) is 1. The van der Waals surface area contributed by atoms with Crippen LogP contribution in [0.25, 0.3) is 0 Å². The summed E-state index contributed by atoms with van der Waals surface area (Å²) in [6.07, 6.45) is 7.65. The monoisotopic (exact) mass is 387 g/mol. The van der Waals surface area contributed by atoms with E-state index in [9.17, 15) is 5.11 Å². The lowest BCUT2D eigenvalue weighted by atomic mass is 9.63. The molecule has 3 unspecified atom stereocenters. The van der Waals surface area contributed by atoms with Gasteiger partial charge in [0.25, 0.3) is 0 Å². The van der Waals surface area contributed by atoms with Crippen molar-refractivity contribution in [2.75, 3.05) is 60.3 Å². The van der Waals surface area contributed by atoms with Crippen LogP contribution in [0.2, 0.25) is 5.82 Å². The molecule has 1 fully saturated rings. The lowest BCUT2D eigenvalue weighted by molar-refractivity contribution is 0.106. The molecule has 1 aliphatic rings. The molecule has 0 bridgehead atoms. The third-order valence-electron chi connectivity index (χ3n) is 5.34. The highest BCUT2D eigenvalue weighted by Crippen LogP contribution is 2.33. The molecule has 0 amide bonds. The van der Waals surface area contributed by atoms with E-state index >= 15 is 0 Å². The standard InChI is InChI=1S/C20H42BNO5/c1-4-5-6-7-18(16-24-2)14-20(15-19(8-11-23)17-25-3)21-26-12-9-22-10-13-27-21/h18-20,22-23H,4-17H2,1-3H3. The zero-order valence-corrected chi connectivity index (χ0v) is 17.8. The first-order chi connectivity index (χ1) is 13.2.